The predicted molar refractivity (Wildman–Crippen MR) is 87.4 cm³/mol. The van der Waals surface area contributed by atoms with E-state index in [9.17, 15) is 4.79 Å². The molecule has 2 heterocycles. The van der Waals surface area contributed by atoms with E-state index in [1.807, 2.05) is 12.4 Å². The zero-order valence-corrected chi connectivity index (χ0v) is 13.5. The zero-order chi connectivity index (χ0) is 13.5. The van der Waals surface area contributed by atoms with Crippen molar-refractivity contribution in [3.8, 4) is 0 Å². The van der Waals surface area contributed by atoms with Gasteiger partial charge < -0.3 is 10.4 Å². The van der Waals surface area contributed by atoms with Crippen molar-refractivity contribution >= 4 is 30.8 Å². The fourth-order valence-corrected chi connectivity index (χ4v) is 2.52. The highest BCUT2D eigenvalue weighted by Gasteiger charge is 2.22. The molecule has 1 saturated heterocycles. The smallest absolute Gasteiger partial charge is 0.303 e. The van der Waals surface area contributed by atoms with Crippen LogP contribution in [0, 0.1) is 0 Å². The van der Waals surface area contributed by atoms with Crippen LogP contribution in [0.2, 0.25) is 0 Å². The van der Waals surface area contributed by atoms with Gasteiger partial charge in [0.05, 0.1) is 0 Å². The van der Waals surface area contributed by atoms with Gasteiger partial charge in [-0.15, -0.1) is 24.8 Å². The molecule has 1 aliphatic heterocycles. The molecule has 0 aliphatic carbocycles. The summed E-state index contributed by atoms with van der Waals surface area (Å²) in [5, 5.41) is 12.1. The summed E-state index contributed by atoms with van der Waals surface area (Å²) in [4.78, 5) is 17.0. The lowest BCUT2D eigenvalue weighted by Crippen LogP contribution is -2.46. The van der Waals surface area contributed by atoms with E-state index in [0.29, 0.717) is 6.04 Å². The summed E-state index contributed by atoms with van der Waals surface area (Å²) in [6, 6.07) is 4.49. The van der Waals surface area contributed by atoms with E-state index in [2.05, 4.69) is 27.3 Å². The van der Waals surface area contributed by atoms with Crippen LogP contribution in [0.1, 0.15) is 30.9 Å². The second-order valence-corrected chi connectivity index (χ2v) is 4.89. The number of carboxylic acid groups (broad SMARTS) is 1. The van der Waals surface area contributed by atoms with Crippen LogP contribution in [0.4, 0.5) is 0 Å². The van der Waals surface area contributed by atoms with Crippen molar-refractivity contribution in [3.63, 3.8) is 0 Å². The Bertz CT molecular complexity index is 406. The van der Waals surface area contributed by atoms with Gasteiger partial charge >= 0.3 is 5.97 Å². The van der Waals surface area contributed by atoms with Gasteiger partial charge in [0.25, 0.3) is 0 Å². The second-order valence-electron chi connectivity index (χ2n) is 4.89. The molecule has 1 aromatic heterocycles. The van der Waals surface area contributed by atoms with Gasteiger partial charge in [-0.2, -0.15) is 0 Å². The standard InChI is InChI=1S/C14H21N3O2.2ClH/c18-14(19)3-1-2-9-17-10-8-16-11-13(17)12-4-6-15-7-5-12;;/h4-7,13,16H,1-3,8-11H2,(H,18,19);2*1H. The van der Waals surface area contributed by atoms with Crippen molar-refractivity contribution < 1.29 is 9.90 Å². The summed E-state index contributed by atoms with van der Waals surface area (Å²) in [5.41, 5.74) is 1.28. The average Bonchev–Trinajstić information content (AvgIpc) is 2.45. The maximum Gasteiger partial charge on any atom is 0.303 e. The van der Waals surface area contributed by atoms with Crippen LogP contribution in [0.5, 0.6) is 0 Å². The molecule has 0 radical (unpaired) electrons. The van der Waals surface area contributed by atoms with Gasteiger partial charge in [-0.05, 0) is 37.1 Å². The second kappa shape index (κ2) is 10.8. The Labute approximate surface area is 138 Å². The van der Waals surface area contributed by atoms with E-state index >= 15 is 0 Å². The monoisotopic (exact) mass is 335 g/mol. The summed E-state index contributed by atoms with van der Waals surface area (Å²) < 4.78 is 0. The van der Waals surface area contributed by atoms with Crippen molar-refractivity contribution in [2.24, 2.45) is 0 Å². The average molecular weight is 336 g/mol. The Morgan fingerprint density at radius 2 is 2.05 bits per heavy atom. The third kappa shape index (κ3) is 6.61. The fraction of sp³-hybridized carbons (Fsp3) is 0.571. The highest BCUT2D eigenvalue weighted by atomic mass is 35.5. The number of nitrogens with one attached hydrogen (secondary N) is 1. The van der Waals surface area contributed by atoms with Crippen molar-refractivity contribution in [2.75, 3.05) is 26.2 Å². The third-order valence-corrected chi connectivity index (χ3v) is 3.53. The lowest BCUT2D eigenvalue weighted by atomic mass is 10.0. The van der Waals surface area contributed by atoms with E-state index in [1.54, 1.807) is 0 Å². The normalized spacial score (nSPS) is 18.4. The minimum Gasteiger partial charge on any atom is -0.481 e. The molecule has 1 fully saturated rings. The molecule has 0 bridgehead atoms. The molecule has 1 atom stereocenters. The maximum absolute atomic E-state index is 10.5. The number of carboxylic acids is 1. The minimum atomic E-state index is -0.703. The summed E-state index contributed by atoms with van der Waals surface area (Å²) in [6.45, 7) is 3.92. The van der Waals surface area contributed by atoms with Gasteiger partial charge in [0.2, 0.25) is 0 Å². The number of nitrogens with zero attached hydrogens (tertiary/aromatic N) is 2. The first-order chi connectivity index (χ1) is 9.27. The maximum atomic E-state index is 10.5. The van der Waals surface area contributed by atoms with E-state index in [1.165, 1.54) is 5.56 Å². The number of carbonyl (C=O) groups is 1. The van der Waals surface area contributed by atoms with E-state index in [0.717, 1.165) is 39.0 Å². The molecule has 1 unspecified atom stereocenters. The molecule has 2 rings (SSSR count). The molecule has 120 valence electrons. The number of pyridine rings is 1. The van der Waals surface area contributed by atoms with E-state index < -0.39 is 5.97 Å². The molecular formula is C14H23Cl2N3O2. The first kappa shape index (κ1) is 20.1. The van der Waals surface area contributed by atoms with E-state index in [4.69, 9.17) is 5.11 Å². The van der Waals surface area contributed by atoms with Crippen molar-refractivity contribution in [1.29, 1.82) is 0 Å². The number of piperazine rings is 1. The van der Waals surface area contributed by atoms with Crippen molar-refractivity contribution in [2.45, 2.75) is 25.3 Å². The Hall–Kier alpha value is -0.880. The lowest BCUT2D eigenvalue weighted by molar-refractivity contribution is -0.137. The Balaban J connectivity index is 0.00000200. The molecule has 0 amide bonds. The Morgan fingerprint density at radius 3 is 2.71 bits per heavy atom. The SMILES string of the molecule is Cl.Cl.O=C(O)CCCCN1CCNCC1c1ccncc1. The molecule has 0 saturated carbocycles. The quantitative estimate of drug-likeness (QED) is 0.779. The molecule has 0 spiro atoms. The molecule has 21 heavy (non-hydrogen) atoms. The fourth-order valence-electron chi connectivity index (χ4n) is 2.52. The van der Waals surface area contributed by atoms with Crippen LogP contribution in [0.15, 0.2) is 24.5 Å². The number of aliphatic carboxylic acids is 1. The number of unbranched alkanes of at least 4 members (excludes halogenated alkanes) is 1. The van der Waals surface area contributed by atoms with Crippen LogP contribution in [0.25, 0.3) is 0 Å². The Kier molecular flexibility index (Phi) is 10.3. The first-order valence-electron chi connectivity index (χ1n) is 6.84. The summed E-state index contributed by atoms with van der Waals surface area (Å²) in [7, 11) is 0. The van der Waals surface area contributed by atoms with Gasteiger partial charge in [0, 0.05) is 44.5 Å². The van der Waals surface area contributed by atoms with Gasteiger partial charge in [-0.25, -0.2) is 0 Å². The molecular weight excluding hydrogens is 313 g/mol. The number of aromatic nitrogens is 1. The number of rotatable bonds is 6. The van der Waals surface area contributed by atoms with E-state index in [-0.39, 0.29) is 31.2 Å². The van der Waals surface area contributed by atoms with Crippen LogP contribution in [0.3, 0.4) is 0 Å². The first-order valence-corrected chi connectivity index (χ1v) is 6.84. The van der Waals surface area contributed by atoms with Crippen molar-refractivity contribution in [1.82, 2.24) is 15.2 Å². The number of hydrogen-bond donors (Lipinski definition) is 2. The molecule has 5 nitrogen and oxygen atoms in total. The molecule has 7 heteroatoms. The van der Waals surface area contributed by atoms with Crippen LogP contribution >= 0.6 is 24.8 Å². The molecule has 2 N–H and O–H groups in total. The summed E-state index contributed by atoms with van der Waals surface area (Å²) in [5.74, 6) is -0.703. The number of hydrogen-bond acceptors (Lipinski definition) is 4. The highest BCUT2D eigenvalue weighted by Crippen LogP contribution is 2.21. The number of halogens is 2. The summed E-state index contributed by atoms with van der Waals surface area (Å²) >= 11 is 0. The third-order valence-electron chi connectivity index (χ3n) is 3.53. The lowest BCUT2D eigenvalue weighted by Gasteiger charge is -2.36. The summed E-state index contributed by atoms with van der Waals surface area (Å²) in [6.07, 6.45) is 5.61. The van der Waals surface area contributed by atoms with Crippen LogP contribution < -0.4 is 5.32 Å². The zero-order valence-electron chi connectivity index (χ0n) is 11.9. The minimum absolute atomic E-state index is 0. The molecule has 1 aromatic rings. The van der Waals surface area contributed by atoms with Crippen LogP contribution in [-0.2, 0) is 4.79 Å². The molecule has 0 aromatic carbocycles. The topological polar surface area (TPSA) is 65.5 Å². The molecule has 1 aliphatic rings. The van der Waals surface area contributed by atoms with Gasteiger partial charge in [-0.3, -0.25) is 14.7 Å². The van der Waals surface area contributed by atoms with Crippen LogP contribution in [-0.4, -0.2) is 47.1 Å². The van der Waals surface area contributed by atoms with Crippen molar-refractivity contribution in [3.05, 3.63) is 30.1 Å². The largest absolute Gasteiger partial charge is 0.481 e. The van der Waals surface area contributed by atoms with Gasteiger partial charge in [0.1, 0.15) is 0 Å². The predicted octanol–water partition coefficient (Wildman–Crippen LogP) is 2.13. The van der Waals surface area contributed by atoms with Gasteiger partial charge in [0.15, 0.2) is 0 Å². The Morgan fingerprint density at radius 1 is 1.33 bits per heavy atom. The highest BCUT2D eigenvalue weighted by molar-refractivity contribution is 5.85. The van der Waals surface area contributed by atoms with Gasteiger partial charge in [-0.1, -0.05) is 0 Å².